The van der Waals surface area contributed by atoms with Crippen LogP contribution < -0.4 is 19.5 Å². The lowest BCUT2D eigenvalue weighted by Gasteiger charge is -2.17. The number of nitrogens with zero attached hydrogens (tertiary/aromatic N) is 2. The zero-order valence-corrected chi connectivity index (χ0v) is 21.8. The summed E-state index contributed by atoms with van der Waals surface area (Å²) in [6, 6.07) is 16.5. The molecule has 0 aliphatic carbocycles. The van der Waals surface area contributed by atoms with Crippen molar-refractivity contribution in [1.29, 1.82) is 0 Å². The first-order valence-electron chi connectivity index (χ1n) is 11.7. The molecule has 0 fully saturated rings. The highest BCUT2D eigenvalue weighted by Crippen LogP contribution is 2.29. The first kappa shape index (κ1) is 25.4. The Morgan fingerprint density at radius 3 is 2.42 bits per heavy atom. The number of hydrogen-bond acceptors (Lipinski definition) is 5. The number of carbonyl (C=O) groups excluding carboxylic acids is 1. The van der Waals surface area contributed by atoms with Crippen LogP contribution in [0.3, 0.4) is 0 Å². The molecule has 8 heteroatoms. The fourth-order valence-electron chi connectivity index (χ4n) is 4.23. The standard InChI is InChI=1S/C28H30ClN3O4/c1-17-14-21(15-18(2)26(17)29)36-13-12-32-23-9-7-6-8-22(23)31-27(32)19(3)30-28(33)20-10-11-24(34-4)25(16-20)35-5/h6-11,14-16,19H,12-13H2,1-5H3,(H,30,33). The second kappa shape index (κ2) is 10.9. The SMILES string of the molecule is COc1ccc(C(=O)NC(C)c2nc3ccccc3n2CCOc2cc(C)c(Cl)c(C)c2)cc1OC. The number of fused-ring (bicyclic) bond motifs is 1. The fraction of sp³-hybridized carbons (Fsp3) is 0.286. The minimum atomic E-state index is -0.349. The van der Waals surface area contributed by atoms with E-state index in [1.165, 1.54) is 0 Å². The molecule has 0 aliphatic heterocycles. The van der Waals surface area contributed by atoms with Gasteiger partial charge in [-0.05, 0) is 74.4 Å². The Balaban J connectivity index is 1.54. The molecule has 1 N–H and O–H groups in total. The highest BCUT2D eigenvalue weighted by atomic mass is 35.5. The lowest BCUT2D eigenvalue weighted by atomic mass is 10.1. The highest BCUT2D eigenvalue weighted by molar-refractivity contribution is 6.32. The lowest BCUT2D eigenvalue weighted by Crippen LogP contribution is -2.29. The zero-order chi connectivity index (χ0) is 25.8. The summed E-state index contributed by atoms with van der Waals surface area (Å²) in [7, 11) is 3.10. The second-order valence-electron chi connectivity index (χ2n) is 8.59. The van der Waals surface area contributed by atoms with Gasteiger partial charge in [-0.1, -0.05) is 23.7 Å². The molecule has 7 nitrogen and oxygen atoms in total. The number of aryl methyl sites for hydroxylation is 2. The number of nitrogens with one attached hydrogen (secondary N) is 1. The molecule has 1 amide bonds. The first-order valence-corrected chi connectivity index (χ1v) is 12.1. The van der Waals surface area contributed by atoms with Crippen molar-refractivity contribution in [3.63, 3.8) is 0 Å². The topological polar surface area (TPSA) is 74.6 Å². The van der Waals surface area contributed by atoms with Crippen molar-refractivity contribution >= 4 is 28.5 Å². The van der Waals surface area contributed by atoms with E-state index in [0.717, 1.165) is 38.8 Å². The van der Waals surface area contributed by atoms with Crippen molar-refractivity contribution in [3.8, 4) is 17.2 Å². The van der Waals surface area contributed by atoms with E-state index in [1.54, 1.807) is 32.4 Å². The van der Waals surface area contributed by atoms with Gasteiger partial charge in [0.15, 0.2) is 11.5 Å². The number of hydrogen-bond donors (Lipinski definition) is 1. The van der Waals surface area contributed by atoms with Gasteiger partial charge in [0, 0.05) is 10.6 Å². The molecule has 0 aliphatic rings. The molecule has 36 heavy (non-hydrogen) atoms. The molecule has 3 aromatic carbocycles. The number of halogens is 1. The van der Waals surface area contributed by atoms with Crippen molar-refractivity contribution in [2.45, 2.75) is 33.4 Å². The van der Waals surface area contributed by atoms with Crippen LogP contribution in [0.2, 0.25) is 5.02 Å². The van der Waals surface area contributed by atoms with E-state index in [1.807, 2.05) is 57.2 Å². The second-order valence-corrected chi connectivity index (χ2v) is 8.97. The van der Waals surface area contributed by atoms with Gasteiger partial charge in [-0.2, -0.15) is 0 Å². The third kappa shape index (κ3) is 5.26. The minimum Gasteiger partial charge on any atom is -0.493 e. The Bertz CT molecular complexity index is 1380. The number of ether oxygens (including phenoxy) is 3. The van der Waals surface area contributed by atoms with Crippen LogP contribution in [-0.2, 0) is 6.54 Å². The Morgan fingerprint density at radius 1 is 1.03 bits per heavy atom. The molecule has 1 unspecified atom stereocenters. The van der Waals surface area contributed by atoms with Crippen LogP contribution in [-0.4, -0.2) is 36.3 Å². The average molecular weight is 508 g/mol. The molecular formula is C28H30ClN3O4. The van der Waals surface area contributed by atoms with Crippen LogP contribution in [0, 0.1) is 13.8 Å². The van der Waals surface area contributed by atoms with E-state index in [9.17, 15) is 4.79 Å². The van der Waals surface area contributed by atoms with Crippen LogP contribution in [0.1, 0.15) is 40.3 Å². The van der Waals surface area contributed by atoms with Gasteiger partial charge in [0.2, 0.25) is 0 Å². The summed E-state index contributed by atoms with van der Waals surface area (Å²) in [4.78, 5) is 17.8. The van der Waals surface area contributed by atoms with Crippen LogP contribution in [0.15, 0.2) is 54.6 Å². The molecule has 0 bridgehead atoms. The van der Waals surface area contributed by atoms with E-state index in [0.29, 0.717) is 30.2 Å². The number of aromatic nitrogens is 2. The maximum atomic E-state index is 13.0. The van der Waals surface area contributed by atoms with Crippen LogP contribution in [0.4, 0.5) is 0 Å². The largest absolute Gasteiger partial charge is 0.493 e. The van der Waals surface area contributed by atoms with Crippen molar-refractivity contribution in [2.24, 2.45) is 0 Å². The monoisotopic (exact) mass is 507 g/mol. The third-order valence-electron chi connectivity index (χ3n) is 6.06. The van der Waals surface area contributed by atoms with Gasteiger partial charge in [0.1, 0.15) is 18.2 Å². The molecule has 1 aromatic heterocycles. The van der Waals surface area contributed by atoms with Crippen molar-refractivity contribution < 1.29 is 19.0 Å². The van der Waals surface area contributed by atoms with Crippen LogP contribution in [0.5, 0.6) is 17.2 Å². The summed E-state index contributed by atoms with van der Waals surface area (Å²) in [5.74, 6) is 2.35. The molecule has 0 saturated carbocycles. The molecular weight excluding hydrogens is 478 g/mol. The predicted octanol–water partition coefficient (Wildman–Crippen LogP) is 5.89. The summed E-state index contributed by atoms with van der Waals surface area (Å²) in [5.41, 5.74) is 4.27. The Morgan fingerprint density at radius 2 is 1.72 bits per heavy atom. The van der Waals surface area contributed by atoms with E-state index >= 15 is 0 Å². The van der Waals surface area contributed by atoms with E-state index < -0.39 is 0 Å². The lowest BCUT2D eigenvalue weighted by molar-refractivity contribution is 0.0937. The number of carbonyl (C=O) groups is 1. The van der Waals surface area contributed by atoms with Crippen LogP contribution in [0.25, 0.3) is 11.0 Å². The molecule has 0 spiro atoms. The van der Waals surface area contributed by atoms with Gasteiger partial charge in [-0.25, -0.2) is 4.98 Å². The molecule has 4 rings (SSSR count). The quantitative estimate of drug-likeness (QED) is 0.305. The molecule has 1 heterocycles. The first-order chi connectivity index (χ1) is 17.3. The van der Waals surface area contributed by atoms with Crippen molar-refractivity contribution in [2.75, 3.05) is 20.8 Å². The maximum Gasteiger partial charge on any atom is 0.251 e. The Labute approximate surface area is 216 Å². The molecule has 4 aromatic rings. The molecule has 1 atom stereocenters. The number of para-hydroxylation sites is 2. The maximum absolute atomic E-state index is 13.0. The number of amides is 1. The molecule has 188 valence electrons. The fourth-order valence-corrected chi connectivity index (χ4v) is 4.34. The molecule has 0 saturated heterocycles. The summed E-state index contributed by atoms with van der Waals surface area (Å²) in [6.45, 7) is 6.85. The highest BCUT2D eigenvalue weighted by Gasteiger charge is 2.20. The summed E-state index contributed by atoms with van der Waals surface area (Å²) in [5, 5.41) is 3.81. The van der Waals surface area contributed by atoms with Gasteiger partial charge in [0.25, 0.3) is 5.91 Å². The van der Waals surface area contributed by atoms with Gasteiger partial charge >= 0.3 is 0 Å². The van der Waals surface area contributed by atoms with E-state index in [2.05, 4.69) is 9.88 Å². The summed E-state index contributed by atoms with van der Waals surface area (Å²) in [6.07, 6.45) is 0. The van der Waals surface area contributed by atoms with Gasteiger partial charge in [0.05, 0.1) is 37.8 Å². The molecule has 0 radical (unpaired) electrons. The predicted molar refractivity (Wildman–Crippen MR) is 142 cm³/mol. The smallest absolute Gasteiger partial charge is 0.251 e. The zero-order valence-electron chi connectivity index (χ0n) is 21.1. The van der Waals surface area contributed by atoms with Crippen molar-refractivity contribution in [1.82, 2.24) is 14.9 Å². The number of rotatable bonds is 9. The van der Waals surface area contributed by atoms with Gasteiger partial charge < -0.3 is 24.1 Å². The van der Waals surface area contributed by atoms with Gasteiger partial charge in [-0.15, -0.1) is 0 Å². The Hall–Kier alpha value is -3.71. The summed E-state index contributed by atoms with van der Waals surface area (Å²) >= 11 is 6.29. The van der Waals surface area contributed by atoms with Crippen LogP contribution >= 0.6 is 11.6 Å². The number of methoxy groups -OCH3 is 2. The summed E-state index contributed by atoms with van der Waals surface area (Å²) < 4.78 is 18.8. The van der Waals surface area contributed by atoms with Gasteiger partial charge in [-0.3, -0.25) is 4.79 Å². The number of imidazole rings is 1. The van der Waals surface area contributed by atoms with Crippen molar-refractivity contribution in [3.05, 3.63) is 82.1 Å². The average Bonchev–Trinajstić information content (AvgIpc) is 3.25. The normalized spacial score (nSPS) is 11.8. The van der Waals surface area contributed by atoms with E-state index in [-0.39, 0.29) is 11.9 Å². The Kier molecular flexibility index (Phi) is 7.70. The van der Waals surface area contributed by atoms with E-state index in [4.69, 9.17) is 30.8 Å². The number of benzene rings is 3. The third-order valence-corrected chi connectivity index (χ3v) is 6.65. The minimum absolute atomic E-state index is 0.231.